The number of anilines is 1. The van der Waals surface area contributed by atoms with Crippen molar-refractivity contribution in [2.75, 3.05) is 11.5 Å². The molecule has 37 heavy (non-hydrogen) atoms. The Hall–Kier alpha value is -2.48. The van der Waals surface area contributed by atoms with Crippen molar-refractivity contribution in [3.05, 3.63) is 89.8 Å². The number of carbonyl (C=O) groups is 3. The van der Waals surface area contributed by atoms with Crippen LogP contribution in [-0.2, 0) is 4.79 Å². The van der Waals surface area contributed by atoms with Gasteiger partial charge in [0, 0.05) is 10.7 Å². The molecule has 2 atom stereocenters. The van der Waals surface area contributed by atoms with Crippen molar-refractivity contribution in [1.29, 1.82) is 0 Å². The van der Waals surface area contributed by atoms with Crippen LogP contribution in [0.5, 0.6) is 5.75 Å². The Kier molecular flexibility index (Phi) is 6.84. The molecule has 0 unspecified atom stereocenters. The lowest BCUT2D eigenvalue weighted by atomic mass is 9.85. The van der Waals surface area contributed by atoms with Crippen LogP contribution in [-0.4, -0.2) is 35.3 Å². The molecule has 3 amide bonds. The Morgan fingerprint density at radius 1 is 0.757 bits per heavy atom. The number of rotatable bonds is 5. The van der Waals surface area contributed by atoms with Crippen molar-refractivity contribution in [1.82, 2.24) is 4.90 Å². The van der Waals surface area contributed by atoms with Crippen LogP contribution in [0.25, 0.3) is 0 Å². The van der Waals surface area contributed by atoms with Gasteiger partial charge in [0.05, 0.1) is 43.9 Å². The van der Waals surface area contributed by atoms with E-state index in [1.807, 2.05) is 13.8 Å². The molecule has 1 saturated heterocycles. The van der Waals surface area contributed by atoms with E-state index in [0.717, 1.165) is 10.5 Å². The first-order valence-electron chi connectivity index (χ1n) is 11.1. The molecule has 2 aliphatic rings. The van der Waals surface area contributed by atoms with Crippen molar-refractivity contribution in [2.24, 2.45) is 0 Å². The van der Waals surface area contributed by atoms with Crippen LogP contribution in [0.1, 0.15) is 44.8 Å². The van der Waals surface area contributed by atoms with Crippen molar-refractivity contribution in [3.8, 4) is 5.75 Å². The van der Waals surface area contributed by atoms with Crippen LogP contribution >= 0.6 is 58.0 Å². The summed E-state index contributed by atoms with van der Waals surface area (Å²) in [5, 5.41) is -0.243. The third-order valence-corrected chi connectivity index (χ3v) is 8.48. The lowest BCUT2D eigenvalue weighted by molar-refractivity contribution is -0.130. The lowest BCUT2D eigenvalue weighted by Crippen LogP contribution is -2.67. The van der Waals surface area contributed by atoms with E-state index in [0.29, 0.717) is 28.6 Å². The Morgan fingerprint density at radius 3 is 1.86 bits per heavy atom. The number of hydrogen-bond donors (Lipinski definition) is 0. The number of imide groups is 1. The molecule has 0 radical (unpaired) electrons. The fourth-order valence-corrected chi connectivity index (χ4v) is 5.90. The summed E-state index contributed by atoms with van der Waals surface area (Å²) in [5.74, 6) is -1.38. The van der Waals surface area contributed by atoms with Gasteiger partial charge in [-0.3, -0.25) is 19.3 Å². The molecule has 1 fully saturated rings. The molecule has 11 heteroatoms. The topological polar surface area (TPSA) is 66.9 Å². The molecular formula is C26H17Cl5N2O4. The summed E-state index contributed by atoms with van der Waals surface area (Å²) in [7, 11) is 0. The molecule has 0 N–H and O–H groups in total. The predicted molar refractivity (Wildman–Crippen MR) is 145 cm³/mol. The van der Waals surface area contributed by atoms with E-state index >= 15 is 0 Å². The summed E-state index contributed by atoms with van der Waals surface area (Å²) in [6, 6.07) is 10.4. The minimum Gasteiger partial charge on any atom is -0.494 e. The number of aryl methyl sites for hydroxylation is 1. The van der Waals surface area contributed by atoms with E-state index in [9.17, 15) is 14.4 Å². The molecule has 2 heterocycles. The van der Waals surface area contributed by atoms with Gasteiger partial charge in [0.25, 0.3) is 17.7 Å². The molecule has 0 saturated carbocycles. The van der Waals surface area contributed by atoms with Crippen molar-refractivity contribution in [2.45, 2.75) is 25.9 Å². The second kappa shape index (κ2) is 9.68. The zero-order chi connectivity index (χ0) is 26.8. The Labute approximate surface area is 237 Å². The number of ether oxygens (including phenoxy) is 1. The van der Waals surface area contributed by atoms with E-state index < -0.39 is 29.8 Å². The maximum Gasteiger partial charge on any atom is 0.264 e. The molecule has 3 aromatic carbocycles. The highest BCUT2D eigenvalue weighted by Crippen LogP contribution is 2.49. The number of fused-ring (bicyclic) bond motifs is 1. The minimum absolute atomic E-state index is 0.144. The average Bonchev–Trinajstić information content (AvgIpc) is 3.13. The van der Waals surface area contributed by atoms with Crippen LogP contribution in [0, 0.1) is 6.92 Å². The number of halogens is 5. The van der Waals surface area contributed by atoms with Gasteiger partial charge in [0.1, 0.15) is 11.8 Å². The molecule has 3 aromatic rings. The summed E-state index contributed by atoms with van der Waals surface area (Å²) < 4.78 is 5.54. The van der Waals surface area contributed by atoms with Crippen LogP contribution in [0.3, 0.4) is 0 Å². The third kappa shape index (κ3) is 3.98. The fourth-order valence-electron chi connectivity index (χ4n) is 4.71. The Balaban J connectivity index is 1.63. The highest BCUT2D eigenvalue weighted by molar-refractivity contribution is 6.55. The molecule has 5 rings (SSSR count). The van der Waals surface area contributed by atoms with Crippen molar-refractivity contribution >= 4 is 81.4 Å². The number of hydrogen-bond acceptors (Lipinski definition) is 4. The van der Waals surface area contributed by atoms with Gasteiger partial charge >= 0.3 is 0 Å². The van der Waals surface area contributed by atoms with Crippen LogP contribution in [0.4, 0.5) is 5.69 Å². The van der Waals surface area contributed by atoms with Gasteiger partial charge in [-0.1, -0.05) is 76.2 Å². The SMILES string of the molecule is CCOc1ccc([C@H]2[C@H](N3C(=O)c4c(Cl)c(Cl)c(Cl)c(Cl)c4C3=O)C(=O)N2c2cc(Cl)ccc2C)cc1. The summed E-state index contributed by atoms with van der Waals surface area (Å²) in [5.41, 5.74) is 1.67. The second-order valence-corrected chi connectivity index (χ2v) is 10.5. The molecule has 2 aliphatic heterocycles. The number of amides is 3. The van der Waals surface area contributed by atoms with E-state index in [1.54, 1.807) is 42.5 Å². The normalized spacial score (nSPS) is 18.8. The fraction of sp³-hybridized carbons (Fsp3) is 0.192. The Bertz CT molecular complexity index is 1440. The molecule has 0 bridgehead atoms. The summed E-state index contributed by atoms with van der Waals surface area (Å²) in [6.45, 7) is 4.20. The largest absolute Gasteiger partial charge is 0.494 e. The third-order valence-electron chi connectivity index (χ3n) is 6.44. The molecule has 0 spiro atoms. The number of nitrogens with zero attached hydrogens (tertiary/aromatic N) is 2. The molecule has 0 aromatic heterocycles. The molecule has 6 nitrogen and oxygen atoms in total. The second-order valence-electron chi connectivity index (χ2n) is 8.52. The van der Waals surface area contributed by atoms with Crippen LogP contribution in [0.15, 0.2) is 42.5 Å². The lowest BCUT2D eigenvalue weighted by Gasteiger charge is -2.50. The van der Waals surface area contributed by atoms with Gasteiger partial charge in [-0.25, -0.2) is 0 Å². The van der Waals surface area contributed by atoms with Crippen molar-refractivity contribution < 1.29 is 19.1 Å². The average molecular weight is 599 g/mol. The molecular weight excluding hydrogens is 582 g/mol. The van der Waals surface area contributed by atoms with E-state index in [1.165, 1.54) is 4.90 Å². The Morgan fingerprint density at radius 2 is 1.32 bits per heavy atom. The standard InChI is InChI=1S/C26H17Cl5N2O4/c1-3-37-14-8-5-12(6-9-14)22-23(26(36)32(22)15-10-13(27)7-4-11(15)2)33-24(34)16-17(25(33)35)19(29)21(31)20(30)18(16)28/h4-10,22-23H,3H2,1-2H3/t22-,23-/m0/s1. The number of β-lactam (4-membered cyclic amide) rings is 1. The summed E-state index contributed by atoms with van der Waals surface area (Å²) >= 11 is 31.2. The maximum atomic E-state index is 13.7. The molecule has 0 aliphatic carbocycles. The minimum atomic E-state index is -1.17. The summed E-state index contributed by atoms with van der Waals surface area (Å²) in [6.07, 6.45) is 0. The van der Waals surface area contributed by atoms with Crippen LogP contribution in [0.2, 0.25) is 25.1 Å². The van der Waals surface area contributed by atoms with Gasteiger partial charge in [-0.2, -0.15) is 0 Å². The van der Waals surface area contributed by atoms with Gasteiger partial charge in [-0.15, -0.1) is 0 Å². The van der Waals surface area contributed by atoms with Crippen molar-refractivity contribution in [3.63, 3.8) is 0 Å². The number of benzene rings is 3. The van der Waals surface area contributed by atoms with Gasteiger partial charge in [0.15, 0.2) is 0 Å². The first-order valence-corrected chi connectivity index (χ1v) is 13.0. The quantitative estimate of drug-likeness (QED) is 0.133. The van der Waals surface area contributed by atoms with E-state index in [-0.39, 0.29) is 31.2 Å². The maximum absolute atomic E-state index is 13.7. The smallest absolute Gasteiger partial charge is 0.264 e. The monoisotopic (exact) mass is 596 g/mol. The zero-order valence-corrected chi connectivity index (χ0v) is 23.1. The number of carbonyl (C=O) groups excluding carboxylic acids is 3. The van der Waals surface area contributed by atoms with Gasteiger partial charge < -0.3 is 9.64 Å². The first kappa shape index (κ1) is 26.1. The highest BCUT2D eigenvalue weighted by atomic mass is 35.5. The van der Waals surface area contributed by atoms with Gasteiger partial charge in [-0.05, 0) is 49.2 Å². The zero-order valence-electron chi connectivity index (χ0n) is 19.3. The first-order chi connectivity index (χ1) is 17.6. The van der Waals surface area contributed by atoms with Gasteiger partial charge in [0.2, 0.25) is 0 Å². The molecule has 190 valence electrons. The van der Waals surface area contributed by atoms with Crippen LogP contribution < -0.4 is 9.64 Å². The van der Waals surface area contributed by atoms with E-state index in [2.05, 4.69) is 0 Å². The van der Waals surface area contributed by atoms with E-state index in [4.69, 9.17) is 62.7 Å². The summed E-state index contributed by atoms with van der Waals surface area (Å²) in [4.78, 5) is 43.2. The highest BCUT2D eigenvalue weighted by Gasteiger charge is 2.58. The predicted octanol–water partition coefficient (Wildman–Crippen LogP) is 7.41.